The van der Waals surface area contributed by atoms with Crippen LogP contribution >= 0.6 is 0 Å². The summed E-state index contributed by atoms with van der Waals surface area (Å²) in [5, 5.41) is 0. The van der Waals surface area contributed by atoms with Crippen molar-refractivity contribution in [1.29, 1.82) is 0 Å². The van der Waals surface area contributed by atoms with Crippen molar-refractivity contribution < 1.29 is 0 Å². The number of hydrogen-bond acceptors (Lipinski definition) is 4. The van der Waals surface area contributed by atoms with Crippen LogP contribution in [0.2, 0.25) is 0 Å². The standard InChI is InChI=1S/C13H13N5/c1-9-3-2-4-10(5-9)7-18-8-16-11-6-15-13(14)17-12(11)18/h2-6,8H,7H2,1H3,(H2,14,15,17). The molecule has 2 N–H and O–H groups in total. The number of imidazole rings is 1. The maximum Gasteiger partial charge on any atom is 0.222 e. The summed E-state index contributed by atoms with van der Waals surface area (Å²) in [4.78, 5) is 12.4. The van der Waals surface area contributed by atoms with Crippen molar-refractivity contribution in [3.63, 3.8) is 0 Å². The molecule has 0 fully saturated rings. The number of rotatable bonds is 2. The maximum absolute atomic E-state index is 5.61. The molecule has 0 amide bonds. The van der Waals surface area contributed by atoms with Crippen molar-refractivity contribution in [1.82, 2.24) is 19.5 Å². The Kier molecular flexibility index (Phi) is 2.44. The molecule has 0 spiro atoms. The van der Waals surface area contributed by atoms with Crippen LogP contribution in [-0.2, 0) is 6.54 Å². The minimum absolute atomic E-state index is 0.272. The molecule has 0 saturated heterocycles. The molecule has 5 nitrogen and oxygen atoms in total. The second-order valence-corrected chi connectivity index (χ2v) is 4.30. The predicted molar refractivity (Wildman–Crippen MR) is 70.0 cm³/mol. The van der Waals surface area contributed by atoms with E-state index < -0.39 is 0 Å². The van der Waals surface area contributed by atoms with E-state index in [1.807, 2.05) is 10.6 Å². The Labute approximate surface area is 104 Å². The predicted octanol–water partition coefficient (Wildman–Crippen LogP) is 1.77. The number of benzene rings is 1. The molecular weight excluding hydrogens is 226 g/mol. The average molecular weight is 239 g/mol. The van der Waals surface area contributed by atoms with Crippen molar-refractivity contribution in [2.45, 2.75) is 13.5 Å². The molecule has 2 heterocycles. The quantitative estimate of drug-likeness (QED) is 0.739. The fraction of sp³-hybridized carbons (Fsp3) is 0.154. The van der Waals surface area contributed by atoms with E-state index in [2.05, 4.69) is 40.1 Å². The van der Waals surface area contributed by atoms with Crippen molar-refractivity contribution in [3.8, 4) is 0 Å². The van der Waals surface area contributed by atoms with E-state index in [4.69, 9.17) is 5.73 Å². The summed E-state index contributed by atoms with van der Waals surface area (Å²) in [6.45, 7) is 2.81. The van der Waals surface area contributed by atoms with E-state index in [1.54, 1.807) is 12.5 Å². The number of nitrogen functional groups attached to an aromatic ring is 1. The van der Waals surface area contributed by atoms with Crippen LogP contribution in [-0.4, -0.2) is 19.5 Å². The smallest absolute Gasteiger partial charge is 0.222 e. The molecule has 1 aromatic carbocycles. The molecular formula is C13H13N5. The fourth-order valence-corrected chi connectivity index (χ4v) is 1.99. The number of hydrogen-bond donors (Lipinski definition) is 1. The van der Waals surface area contributed by atoms with Gasteiger partial charge in [-0.25, -0.2) is 9.97 Å². The van der Waals surface area contributed by atoms with E-state index in [1.165, 1.54) is 11.1 Å². The molecule has 0 bridgehead atoms. The summed E-state index contributed by atoms with van der Waals surface area (Å²) < 4.78 is 1.97. The Morgan fingerprint density at radius 3 is 3.00 bits per heavy atom. The van der Waals surface area contributed by atoms with Crippen LogP contribution < -0.4 is 5.73 Å². The lowest BCUT2D eigenvalue weighted by Gasteiger charge is -2.05. The van der Waals surface area contributed by atoms with Gasteiger partial charge < -0.3 is 10.3 Å². The third-order valence-corrected chi connectivity index (χ3v) is 2.81. The number of nitrogens with two attached hydrogens (primary N) is 1. The van der Waals surface area contributed by atoms with Gasteiger partial charge in [-0.05, 0) is 12.5 Å². The Bertz CT molecular complexity index is 701. The van der Waals surface area contributed by atoms with Crippen molar-refractivity contribution in [3.05, 3.63) is 47.9 Å². The van der Waals surface area contributed by atoms with E-state index in [0.29, 0.717) is 0 Å². The lowest BCUT2D eigenvalue weighted by Crippen LogP contribution is -2.01. The minimum atomic E-state index is 0.272. The Morgan fingerprint density at radius 1 is 1.28 bits per heavy atom. The van der Waals surface area contributed by atoms with Gasteiger partial charge in [-0.1, -0.05) is 29.8 Å². The van der Waals surface area contributed by atoms with Crippen LogP contribution in [0.25, 0.3) is 11.2 Å². The molecule has 0 atom stereocenters. The van der Waals surface area contributed by atoms with Gasteiger partial charge >= 0.3 is 0 Å². The van der Waals surface area contributed by atoms with Crippen LogP contribution in [0.4, 0.5) is 5.95 Å². The van der Waals surface area contributed by atoms with Crippen LogP contribution in [0, 0.1) is 6.92 Å². The first-order chi connectivity index (χ1) is 8.72. The van der Waals surface area contributed by atoms with Gasteiger partial charge in [-0.3, -0.25) is 0 Å². The molecule has 0 saturated carbocycles. The highest BCUT2D eigenvalue weighted by Gasteiger charge is 2.05. The summed E-state index contributed by atoms with van der Waals surface area (Å²) in [5.74, 6) is 0.272. The summed E-state index contributed by atoms with van der Waals surface area (Å²) in [5.41, 5.74) is 9.59. The van der Waals surface area contributed by atoms with Gasteiger partial charge in [0.15, 0.2) is 5.65 Å². The molecule has 18 heavy (non-hydrogen) atoms. The topological polar surface area (TPSA) is 69.6 Å². The molecule has 3 aromatic rings. The SMILES string of the molecule is Cc1cccc(Cn2cnc3cnc(N)nc32)c1. The Balaban J connectivity index is 2.02. The molecule has 0 radical (unpaired) electrons. The highest BCUT2D eigenvalue weighted by atomic mass is 15.1. The second-order valence-electron chi connectivity index (χ2n) is 4.30. The number of aryl methyl sites for hydroxylation is 1. The van der Waals surface area contributed by atoms with E-state index in [9.17, 15) is 0 Å². The van der Waals surface area contributed by atoms with Crippen molar-refractivity contribution in [2.75, 3.05) is 5.73 Å². The normalized spacial score (nSPS) is 10.9. The Morgan fingerprint density at radius 2 is 2.17 bits per heavy atom. The summed E-state index contributed by atoms with van der Waals surface area (Å²) in [6, 6.07) is 8.36. The van der Waals surface area contributed by atoms with E-state index in [0.717, 1.165) is 17.7 Å². The molecule has 90 valence electrons. The van der Waals surface area contributed by atoms with Gasteiger partial charge in [0.25, 0.3) is 0 Å². The second kappa shape index (κ2) is 4.10. The summed E-state index contributed by atoms with van der Waals surface area (Å²) in [7, 11) is 0. The number of nitrogens with zero attached hydrogens (tertiary/aromatic N) is 4. The molecule has 2 aromatic heterocycles. The molecule has 3 rings (SSSR count). The summed E-state index contributed by atoms with van der Waals surface area (Å²) in [6.07, 6.45) is 3.41. The molecule has 0 aliphatic heterocycles. The van der Waals surface area contributed by atoms with E-state index in [-0.39, 0.29) is 5.95 Å². The van der Waals surface area contributed by atoms with Gasteiger partial charge in [0.2, 0.25) is 5.95 Å². The lowest BCUT2D eigenvalue weighted by molar-refractivity contribution is 0.813. The molecule has 5 heteroatoms. The largest absolute Gasteiger partial charge is 0.368 e. The van der Waals surface area contributed by atoms with Crippen molar-refractivity contribution in [2.24, 2.45) is 0 Å². The molecule has 0 aliphatic carbocycles. The average Bonchev–Trinajstić information content (AvgIpc) is 2.72. The molecule has 0 aliphatic rings. The maximum atomic E-state index is 5.61. The fourth-order valence-electron chi connectivity index (χ4n) is 1.99. The number of anilines is 1. The monoisotopic (exact) mass is 239 g/mol. The van der Waals surface area contributed by atoms with Crippen LogP contribution in [0.3, 0.4) is 0 Å². The van der Waals surface area contributed by atoms with Gasteiger partial charge in [-0.2, -0.15) is 4.98 Å². The van der Waals surface area contributed by atoms with Gasteiger partial charge in [0, 0.05) is 0 Å². The van der Waals surface area contributed by atoms with Gasteiger partial charge in [0.05, 0.1) is 19.1 Å². The van der Waals surface area contributed by atoms with Gasteiger partial charge in [0.1, 0.15) is 5.52 Å². The zero-order chi connectivity index (χ0) is 12.5. The first-order valence-electron chi connectivity index (χ1n) is 5.71. The number of fused-ring (bicyclic) bond motifs is 1. The lowest BCUT2D eigenvalue weighted by atomic mass is 10.1. The van der Waals surface area contributed by atoms with Crippen LogP contribution in [0.15, 0.2) is 36.8 Å². The van der Waals surface area contributed by atoms with E-state index >= 15 is 0 Å². The first-order valence-corrected chi connectivity index (χ1v) is 5.71. The third-order valence-electron chi connectivity index (χ3n) is 2.81. The zero-order valence-corrected chi connectivity index (χ0v) is 10.0. The zero-order valence-electron chi connectivity index (χ0n) is 10.0. The first kappa shape index (κ1) is 10.7. The van der Waals surface area contributed by atoms with Gasteiger partial charge in [-0.15, -0.1) is 0 Å². The highest BCUT2D eigenvalue weighted by molar-refractivity contribution is 5.70. The number of aromatic nitrogens is 4. The molecule has 0 unspecified atom stereocenters. The highest BCUT2D eigenvalue weighted by Crippen LogP contribution is 2.13. The Hall–Kier alpha value is -2.43. The third kappa shape index (κ3) is 1.90. The van der Waals surface area contributed by atoms with Crippen LogP contribution in [0.5, 0.6) is 0 Å². The minimum Gasteiger partial charge on any atom is -0.368 e. The summed E-state index contributed by atoms with van der Waals surface area (Å²) >= 11 is 0. The van der Waals surface area contributed by atoms with Crippen LogP contribution in [0.1, 0.15) is 11.1 Å². The van der Waals surface area contributed by atoms with Crippen molar-refractivity contribution >= 4 is 17.1 Å².